The Hall–Kier alpha value is -2.68. The molecule has 3 aromatic rings. The largest absolute Gasteiger partial charge is 0.416 e. The number of nitrogens with one attached hydrogen (secondary N) is 2. The SMILES string of the molecule is Cc1[nH]c(=O)[nH]c(=O)c1Cc1nnc(SCc2ccccn2)o1. The lowest BCUT2D eigenvalue weighted by Crippen LogP contribution is -2.27. The van der Waals surface area contributed by atoms with Crippen LogP contribution in [-0.2, 0) is 12.2 Å². The molecule has 118 valence electrons. The Bertz CT molecular complexity index is 916. The van der Waals surface area contributed by atoms with Gasteiger partial charge in [0.15, 0.2) is 0 Å². The van der Waals surface area contributed by atoms with Crippen molar-refractivity contribution in [1.82, 2.24) is 25.1 Å². The van der Waals surface area contributed by atoms with E-state index < -0.39 is 11.2 Å². The van der Waals surface area contributed by atoms with E-state index in [0.29, 0.717) is 28.1 Å². The lowest BCUT2D eigenvalue weighted by Gasteiger charge is -2.00. The fourth-order valence-corrected chi connectivity index (χ4v) is 2.67. The van der Waals surface area contributed by atoms with E-state index >= 15 is 0 Å². The molecule has 9 heteroatoms. The number of thioether (sulfide) groups is 1. The van der Waals surface area contributed by atoms with Crippen LogP contribution >= 0.6 is 11.8 Å². The summed E-state index contributed by atoms with van der Waals surface area (Å²) in [5.41, 5.74) is 0.805. The van der Waals surface area contributed by atoms with E-state index in [-0.39, 0.29) is 6.42 Å². The summed E-state index contributed by atoms with van der Waals surface area (Å²) in [7, 11) is 0. The summed E-state index contributed by atoms with van der Waals surface area (Å²) in [4.78, 5) is 31.9. The zero-order chi connectivity index (χ0) is 16.2. The molecular weight excluding hydrogens is 318 g/mol. The molecule has 3 aromatic heterocycles. The highest BCUT2D eigenvalue weighted by molar-refractivity contribution is 7.98. The fraction of sp³-hybridized carbons (Fsp3) is 0.214. The van der Waals surface area contributed by atoms with Crippen LogP contribution in [0.4, 0.5) is 0 Å². The molecule has 0 saturated carbocycles. The third-order valence-electron chi connectivity index (χ3n) is 3.10. The van der Waals surface area contributed by atoms with Gasteiger partial charge in [-0.3, -0.25) is 14.8 Å². The Morgan fingerprint density at radius 1 is 1.22 bits per heavy atom. The van der Waals surface area contributed by atoms with Crippen LogP contribution in [-0.4, -0.2) is 25.1 Å². The maximum atomic E-state index is 11.8. The lowest BCUT2D eigenvalue weighted by atomic mass is 10.2. The van der Waals surface area contributed by atoms with Gasteiger partial charge in [-0.1, -0.05) is 17.8 Å². The van der Waals surface area contributed by atoms with Crippen molar-refractivity contribution >= 4 is 11.8 Å². The monoisotopic (exact) mass is 331 g/mol. The van der Waals surface area contributed by atoms with Crippen molar-refractivity contribution in [3.63, 3.8) is 0 Å². The van der Waals surface area contributed by atoms with Gasteiger partial charge in [-0.2, -0.15) is 0 Å². The Labute approximate surface area is 134 Å². The maximum Gasteiger partial charge on any atom is 0.325 e. The van der Waals surface area contributed by atoms with Gasteiger partial charge in [0.05, 0.1) is 12.1 Å². The van der Waals surface area contributed by atoms with Crippen LogP contribution in [0.3, 0.4) is 0 Å². The molecule has 2 N–H and O–H groups in total. The molecular formula is C14H13N5O3S. The van der Waals surface area contributed by atoms with Gasteiger partial charge in [-0.15, -0.1) is 10.2 Å². The van der Waals surface area contributed by atoms with E-state index in [9.17, 15) is 9.59 Å². The molecule has 0 bridgehead atoms. The molecule has 0 aliphatic carbocycles. The molecule has 3 rings (SSSR count). The van der Waals surface area contributed by atoms with Crippen LogP contribution in [0.2, 0.25) is 0 Å². The Morgan fingerprint density at radius 3 is 2.83 bits per heavy atom. The number of H-pyrrole nitrogens is 2. The molecule has 0 aromatic carbocycles. The van der Waals surface area contributed by atoms with Gasteiger partial charge in [0, 0.05) is 23.2 Å². The first-order valence-electron chi connectivity index (χ1n) is 6.79. The average molecular weight is 331 g/mol. The van der Waals surface area contributed by atoms with E-state index in [0.717, 1.165) is 5.69 Å². The molecule has 3 heterocycles. The number of rotatable bonds is 5. The number of pyridine rings is 1. The summed E-state index contributed by atoms with van der Waals surface area (Å²) in [6.45, 7) is 1.65. The first kappa shape index (κ1) is 15.2. The molecule has 8 nitrogen and oxygen atoms in total. The van der Waals surface area contributed by atoms with Crippen molar-refractivity contribution in [3.8, 4) is 0 Å². The molecule has 0 aliphatic rings. The summed E-state index contributed by atoms with van der Waals surface area (Å²) in [5, 5.41) is 8.27. The van der Waals surface area contributed by atoms with Crippen molar-refractivity contribution in [2.45, 2.75) is 24.3 Å². The average Bonchev–Trinajstić information content (AvgIpc) is 2.97. The van der Waals surface area contributed by atoms with Gasteiger partial charge in [-0.25, -0.2) is 4.79 Å². The van der Waals surface area contributed by atoms with E-state index in [1.54, 1.807) is 13.1 Å². The van der Waals surface area contributed by atoms with Crippen molar-refractivity contribution in [3.05, 3.63) is 68.1 Å². The molecule has 0 aliphatic heterocycles. The quantitative estimate of drug-likeness (QED) is 0.670. The van der Waals surface area contributed by atoms with Crippen LogP contribution in [0.25, 0.3) is 0 Å². The first-order valence-corrected chi connectivity index (χ1v) is 7.77. The molecule has 0 saturated heterocycles. The van der Waals surface area contributed by atoms with Crippen LogP contribution in [0.15, 0.2) is 43.6 Å². The summed E-state index contributed by atoms with van der Waals surface area (Å²) >= 11 is 1.37. The zero-order valence-electron chi connectivity index (χ0n) is 12.2. The third kappa shape index (κ3) is 3.75. The maximum absolute atomic E-state index is 11.8. The number of aryl methyl sites for hydroxylation is 1. The van der Waals surface area contributed by atoms with E-state index in [1.807, 2.05) is 18.2 Å². The van der Waals surface area contributed by atoms with Gasteiger partial charge < -0.3 is 9.40 Å². The topological polar surface area (TPSA) is 118 Å². The third-order valence-corrected chi connectivity index (χ3v) is 3.95. The second-order valence-corrected chi connectivity index (χ2v) is 5.69. The van der Waals surface area contributed by atoms with Crippen molar-refractivity contribution in [2.24, 2.45) is 0 Å². The Morgan fingerprint density at radius 2 is 2.09 bits per heavy atom. The minimum absolute atomic E-state index is 0.162. The van der Waals surface area contributed by atoms with Crippen molar-refractivity contribution in [2.75, 3.05) is 0 Å². The number of aromatic amines is 2. The molecule has 0 spiro atoms. The number of nitrogens with zero attached hydrogens (tertiary/aromatic N) is 3. The minimum Gasteiger partial charge on any atom is -0.416 e. The highest BCUT2D eigenvalue weighted by Crippen LogP contribution is 2.21. The summed E-state index contributed by atoms with van der Waals surface area (Å²) < 4.78 is 5.52. The smallest absolute Gasteiger partial charge is 0.325 e. The summed E-state index contributed by atoms with van der Waals surface area (Å²) in [6.07, 6.45) is 1.88. The van der Waals surface area contributed by atoms with Gasteiger partial charge in [-0.05, 0) is 19.1 Å². The van der Waals surface area contributed by atoms with Crippen LogP contribution in [0, 0.1) is 6.92 Å². The van der Waals surface area contributed by atoms with Crippen molar-refractivity contribution < 1.29 is 4.42 Å². The van der Waals surface area contributed by atoms with E-state index in [4.69, 9.17) is 4.42 Å². The van der Waals surface area contributed by atoms with Crippen LogP contribution in [0.5, 0.6) is 0 Å². The standard InChI is InChI=1S/C14H13N5O3S/c1-8-10(12(20)17-13(21)16-8)6-11-18-19-14(22-11)23-7-9-4-2-3-5-15-9/h2-5H,6-7H2,1H3,(H2,16,17,20,21). The number of aromatic nitrogens is 5. The van der Waals surface area contributed by atoms with Crippen LogP contribution < -0.4 is 11.2 Å². The first-order chi connectivity index (χ1) is 11.1. The van der Waals surface area contributed by atoms with Gasteiger partial charge >= 0.3 is 5.69 Å². The second-order valence-electron chi connectivity index (χ2n) is 4.76. The zero-order valence-corrected chi connectivity index (χ0v) is 13.0. The Balaban J connectivity index is 1.70. The summed E-state index contributed by atoms with van der Waals surface area (Å²) in [5.74, 6) is 0.926. The highest BCUT2D eigenvalue weighted by atomic mass is 32.2. The number of hydrogen-bond donors (Lipinski definition) is 2. The molecule has 0 amide bonds. The molecule has 0 fully saturated rings. The predicted octanol–water partition coefficient (Wildman–Crippen LogP) is 1.03. The van der Waals surface area contributed by atoms with E-state index in [2.05, 4.69) is 25.1 Å². The fourth-order valence-electron chi connectivity index (χ4n) is 1.98. The van der Waals surface area contributed by atoms with Gasteiger partial charge in [0.1, 0.15) is 0 Å². The van der Waals surface area contributed by atoms with Crippen molar-refractivity contribution in [1.29, 1.82) is 0 Å². The second kappa shape index (κ2) is 6.61. The van der Waals surface area contributed by atoms with Gasteiger partial charge in [0.25, 0.3) is 10.8 Å². The Kier molecular flexibility index (Phi) is 4.38. The molecule has 23 heavy (non-hydrogen) atoms. The summed E-state index contributed by atoms with van der Waals surface area (Å²) in [6, 6.07) is 5.67. The molecule has 0 unspecified atom stereocenters. The lowest BCUT2D eigenvalue weighted by molar-refractivity contribution is 0.419. The number of hydrogen-bond acceptors (Lipinski definition) is 7. The normalized spacial score (nSPS) is 10.8. The predicted molar refractivity (Wildman–Crippen MR) is 83.3 cm³/mol. The van der Waals surface area contributed by atoms with E-state index in [1.165, 1.54) is 11.8 Å². The van der Waals surface area contributed by atoms with Gasteiger partial charge in [0.2, 0.25) is 5.89 Å². The van der Waals surface area contributed by atoms with Crippen LogP contribution in [0.1, 0.15) is 22.8 Å². The molecule has 0 radical (unpaired) electrons. The molecule has 0 atom stereocenters. The highest BCUT2D eigenvalue weighted by Gasteiger charge is 2.13. The minimum atomic E-state index is -0.534.